The van der Waals surface area contributed by atoms with Gasteiger partial charge in [0.15, 0.2) is 0 Å². The van der Waals surface area contributed by atoms with E-state index >= 15 is 0 Å². The van der Waals surface area contributed by atoms with Gasteiger partial charge in [0.2, 0.25) is 0 Å². The Hall–Kier alpha value is -1.39. The predicted octanol–water partition coefficient (Wildman–Crippen LogP) is 3.63. The van der Waals surface area contributed by atoms with Crippen LogP contribution in [0.25, 0.3) is 0 Å². The van der Waals surface area contributed by atoms with Crippen molar-refractivity contribution in [1.82, 2.24) is 0 Å². The second-order valence-corrected chi connectivity index (χ2v) is 4.79. The number of halogens is 2. The summed E-state index contributed by atoms with van der Waals surface area (Å²) in [6, 6.07) is 12.4. The zero-order valence-corrected chi connectivity index (χ0v) is 11.3. The monoisotopic (exact) mass is 309 g/mol. The van der Waals surface area contributed by atoms with E-state index in [-0.39, 0.29) is 12.4 Å². The fourth-order valence-electron chi connectivity index (χ4n) is 1.53. The average Bonchev–Trinajstić information content (AvgIpc) is 2.39. The third kappa shape index (κ3) is 3.31. The molecule has 0 radical (unpaired) electrons. The maximum Gasteiger partial charge on any atom is 0.130 e. The molecular formula is C14H13BrFNO. The molecule has 4 heteroatoms. The highest BCUT2D eigenvalue weighted by atomic mass is 79.9. The van der Waals surface area contributed by atoms with E-state index in [4.69, 9.17) is 10.5 Å². The first-order valence-corrected chi connectivity index (χ1v) is 6.34. The number of rotatable bonds is 4. The van der Waals surface area contributed by atoms with Crippen molar-refractivity contribution < 1.29 is 9.13 Å². The Morgan fingerprint density at radius 3 is 2.44 bits per heavy atom. The van der Waals surface area contributed by atoms with Crippen molar-refractivity contribution in [3.63, 3.8) is 0 Å². The van der Waals surface area contributed by atoms with Crippen molar-refractivity contribution in [3.05, 3.63) is 63.9 Å². The van der Waals surface area contributed by atoms with Gasteiger partial charge in [0, 0.05) is 16.6 Å². The summed E-state index contributed by atoms with van der Waals surface area (Å²) in [4.78, 5) is 0. The molecule has 0 heterocycles. The SMILES string of the molecule is NCc1ccc(COc2ccc(Br)cc2)c(F)c1. The lowest BCUT2D eigenvalue weighted by Crippen LogP contribution is -2.02. The molecule has 0 saturated carbocycles. The molecule has 0 saturated heterocycles. The third-order valence-corrected chi connectivity index (χ3v) is 3.09. The summed E-state index contributed by atoms with van der Waals surface area (Å²) in [5.74, 6) is 0.426. The molecule has 18 heavy (non-hydrogen) atoms. The van der Waals surface area contributed by atoms with E-state index in [2.05, 4.69) is 15.9 Å². The smallest absolute Gasteiger partial charge is 0.130 e. The molecule has 2 N–H and O–H groups in total. The van der Waals surface area contributed by atoms with Crippen LogP contribution in [0.5, 0.6) is 5.75 Å². The molecule has 0 amide bonds. The van der Waals surface area contributed by atoms with Crippen LogP contribution < -0.4 is 10.5 Å². The summed E-state index contributed by atoms with van der Waals surface area (Å²) >= 11 is 3.34. The summed E-state index contributed by atoms with van der Waals surface area (Å²) in [6.45, 7) is 0.545. The Kier molecular flexibility index (Phi) is 4.33. The van der Waals surface area contributed by atoms with Crippen LogP contribution in [-0.2, 0) is 13.2 Å². The minimum atomic E-state index is -0.282. The van der Waals surface area contributed by atoms with Crippen LogP contribution >= 0.6 is 15.9 Å². The Bertz CT molecular complexity index is 528. The van der Waals surface area contributed by atoms with Gasteiger partial charge in [0.1, 0.15) is 18.2 Å². The quantitative estimate of drug-likeness (QED) is 0.936. The first kappa shape index (κ1) is 13.1. The molecular weight excluding hydrogens is 297 g/mol. The van der Waals surface area contributed by atoms with E-state index in [0.29, 0.717) is 17.9 Å². The highest BCUT2D eigenvalue weighted by molar-refractivity contribution is 9.10. The number of benzene rings is 2. The molecule has 0 atom stereocenters. The zero-order chi connectivity index (χ0) is 13.0. The Morgan fingerprint density at radius 1 is 1.11 bits per heavy atom. The van der Waals surface area contributed by atoms with Gasteiger partial charge < -0.3 is 10.5 Å². The van der Waals surface area contributed by atoms with Gasteiger partial charge >= 0.3 is 0 Å². The van der Waals surface area contributed by atoms with E-state index in [9.17, 15) is 4.39 Å². The lowest BCUT2D eigenvalue weighted by molar-refractivity contribution is 0.299. The van der Waals surface area contributed by atoms with Crippen molar-refractivity contribution in [1.29, 1.82) is 0 Å². The molecule has 94 valence electrons. The zero-order valence-electron chi connectivity index (χ0n) is 9.70. The molecule has 2 nitrogen and oxygen atoms in total. The number of hydrogen-bond acceptors (Lipinski definition) is 2. The second-order valence-electron chi connectivity index (χ2n) is 3.87. The normalized spacial score (nSPS) is 10.4. The molecule has 2 aromatic rings. The molecule has 0 aliphatic carbocycles. The van der Waals surface area contributed by atoms with Gasteiger partial charge in [-0.1, -0.05) is 28.1 Å². The van der Waals surface area contributed by atoms with Crippen LogP contribution in [0.1, 0.15) is 11.1 Å². The summed E-state index contributed by atoms with van der Waals surface area (Å²) in [5, 5.41) is 0. The minimum absolute atomic E-state index is 0.207. The van der Waals surface area contributed by atoms with E-state index in [1.165, 1.54) is 6.07 Å². The van der Waals surface area contributed by atoms with Gasteiger partial charge in [-0.25, -0.2) is 4.39 Å². The Balaban J connectivity index is 2.04. The fraction of sp³-hybridized carbons (Fsp3) is 0.143. The van der Waals surface area contributed by atoms with Crippen molar-refractivity contribution in [3.8, 4) is 5.75 Å². The van der Waals surface area contributed by atoms with E-state index in [0.717, 1.165) is 10.0 Å². The topological polar surface area (TPSA) is 35.2 Å². The third-order valence-electron chi connectivity index (χ3n) is 2.56. The second kappa shape index (κ2) is 5.98. The molecule has 0 bridgehead atoms. The minimum Gasteiger partial charge on any atom is -0.489 e. The summed E-state index contributed by atoms with van der Waals surface area (Å²) in [5.41, 5.74) is 6.75. The highest BCUT2D eigenvalue weighted by Crippen LogP contribution is 2.18. The largest absolute Gasteiger partial charge is 0.489 e. The fourth-order valence-corrected chi connectivity index (χ4v) is 1.79. The highest BCUT2D eigenvalue weighted by Gasteiger charge is 2.04. The Labute approximate surface area is 114 Å². The van der Waals surface area contributed by atoms with Crippen molar-refractivity contribution in [2.45, 2.75) is 13.2 Å². The first-order valence-electron chi connectivity index (χ1n) is 5.55. The van der Waals surface area contributed by atoms with Gasteiger partial charge in [-0.2, -0.15) is 0 Å². The van der Waals surface area contributed by atoms with E-state index in [1.807, 2.05) is 30.3 Å². The lowest BCUT2D eigenvalue weighted by atomic mass is 10.1. The first-order chi connectivity index (χ1) is 8.69. The van der Waals surface area contributed by atoms with Crippen LogP contribution in [0.4, 0.5) is 4.39 Å². The van der Waals surface area contributed by atoms with E-state index < -0.39 is 0 Å². The standard InChI is InChI=1S/C14H13BrFNO/c15-12-3-5-13(6-4-12)18-9-11-2-1-10(8-17)7-14(11)16/h1-7H,8-9,17H2. The molecule has 0 unspecified atom stereocenters. The van der Waals surface area contributed by atoms with Crippen molar-refractivity contribution in [2.24, 2.45) is 5.73 Å². The molecule has 0 spiro atoms. The lowest BCUT2D eigenvalue weighted by Gasteiger charge is -2.08. The number of nitrogens with two attached hydrogens (primary N) is 1. The number of hydrogen-bond donors (Lipinski definition) is 1. The van der Waals surface area contributed by atoms with E-state index in [1.54, 1.807) is 6.07 Å². The van der Waals surface area contributed by atoms with Gasteiger partial charge in [-0.15, -0.1) is 0 Å². The Morgan fingerprint density at radius 2 is 1.83 bits per heavy atom. The molecule has 2 aromatic carbocycles. The number of ether oxygens (including phenoxy) is 1. The molecule has 0 aromatic heterocycles. The summed E-state index contributed by atoms with van der Waals surface area (Å²) < 4.78 is 20.2. The van der Waals surface area contributed by atoms with Crippen molar-refractivity contribution >= 4 is 15.9 Å². The molecule has 0 aliphatic rings. The molecule has 0 fully saturated rings. The van der Waals surface area contributed by atoms with Crippen LogP contribution in [0, 0.1) is 5.82 Å². The van der Waals surface area contributed by atoms with Crippen LogP contribution in [0.15, 0.2) is 46.9 Å². The summed E-state index contributed by atoms with van der Waals surface area (Å²) in [7, 11) is 0. The average molecular weight is 310 g/mol. The maximum atomic E-state index is 13.7. The van der Waals surface area contributed by atoms with Gasteiger partial charge in [-0.05, 0) is 35.9 Å². The maximum absolute atomic E-state index is 13.7. The summed E-state index contributed by atoms with van der Waals surface area (Å²) in [6.07, 6.45) is 0. The van der Waals surface area contributed by atoms with Gasteiger partial charge in [0.25, 0.3) is 0 Å². The molecule has 2 rings (SSSR count). The van der Waals surface area contributed by atoms with Crippen LogP contribution in [0.3, 0.4) is 0 Å². The van der Waals surface area contributed by atoms with Crippen LogP contribution in [-0.4, -0.2) is 0 Å². The van der Waals surface area contributed by atoms with Crippen molar-refractivity contribution in [2.75, 3.05) is 0 Å². The van der Waals surface area contributed by atoms with Gasteiger partial charge in [-0.3, -0.25) is 0 Å². The predicted molar refractivity (Wildman–Crippen MR) is 72.8 cm³/mol. The van der Waals surface area contributed by atoms with Gasteiger partial charge in [0.05, 0.1) is 0 Å². The van der Waals surface area contributed by atoms with Crippen LogP contribution in [0.2, 0.25) is 0 Å². The molecule has 0 aliphatic heterocycles.